The highest BCUT2D eigenvalue weighted by Crippen LogP contribution is 2.27. The van der Waals surface area contributed by atoms with Gasteiger partial charge in [-0.1, -0.05) is 18.2 Å². The van der Waals surface area contributed by atoms with Crippen molar-refractivity contribution in [2.45, 2.75) is 32.6 Å². The molecule has 1 aliphatic rings. The molecule has 2 N–H and O–H groups in total. The Morgan fingerprint density at radius 1 is 1.39 bits per heavy atom. The van der Waals surface area contributed by atoms with E-state index in [1.807, 2.05) is 17.9 Å². The average molecular weight is 379 g/mol. The molecule has 3 aromatic rings. The first kappa shape index (κ1) is 18.6. The van der Waals surface area contributed by atoms with Crippen molar-refractivity contribution in [3.8, 4) is 0 Å². The summed E-state index contributed by atoms with van der Waals surface area (Å²) < 4.78 is 1.89. The molecule has 4 rings (SSSR count). The molecule has 0 aliphatic carbocycles. The van der Waals surface area contributed by atoms with Crippen LogP contribution < -0.4 is 5.32 Å². The van der Waals surface area contributed by atoms with Crippen LogP contribution in [0, 0.1) is 6.92 Å². The number of aromatic amines is 1. The summed E-state index contributed by atoms with van der Waals surface area (Å²) in [5, 5.41) is 9.12. The molecule has 1 fully saturated rings. The van der Waals surface area contributed by atoms with Crippen molar-refractivity contribution in [1.29, 1.82) is 0 Å². The van der Waals surface area contributed by atoms with E-state index < -0.39 is 0 Å². The summed E-state index contributed by atoms with van der Waals surface area (Å²) in [6, 6.07) is 6.48. The highest BCUT2D eigenvalue weighted by molar-refractivity contribution is 5.86. The van der Waals surface area contributed by atoms with E-state index in [4.69, 9.17) is 4.99 Å². The zero-order chi connectivity index (χ0) is 19.5. The molecule has 1 saturated heterocycles. The SMILES string of the molecule is CCNC(=NCCc1c[nH]c2c(C)cccc12)N1CCC(c2cnn(C)c2)C1. The van der Waals surface area contributed by atoms with Gasteiger partial charge in [0.2, 0.25) is 0 Å². The molecule has 1 atom stereocenters. The number of benzene rings is 1. The van der Waals surface area contributed by atoms with Crippen LogP contribution in [0.25, 0.3) is 10.9 Å². The van der Waals surface area contributed by atoms with Crippen LogP contribution in [0.5, 0.6) is 0 Å². The second kappa shape index (κ2) is 8.09. The number of fused-ring (bicyclic) bond motifs is 1. The van der Waals surface area contributed by atoms with Gasteiger partial charge in [0.25, 0.3) is 0 Å². The average Bonchev–Trinajstić information content (AvgIpc) is 3.41. The van der Waals surface area contributed by atoms with E-state index in [1.54, 1.807) is 0 Å². The minimum absolute atomic E-state index is 0.536. The molecule has 1 aromatic carbocycles. The first-order chi connectivity index (χ1) is 13.7. The molecule has 1 unspecified atom stereocenters. The normalized spacial score (nSPS) is 17.6. The van der Waals surface area contributed by atoms with E-state index in [0.717, 1.165) is 45.0 Å². The summed E-state index contributed by atoms with van der Waals surface area (Å²) in [6.07, 6.45) is 8.36. The standard InChI is InChI=1S/C22H30N6/c1-4-23-22(28-11-9-18(15-28)19-13-26-27(3)14-19)24-10-8-17-12-25-21-16(2)6-5-7-20(17)21/h5-7,12-14,18,25H,4,8-11,15H2,1-3H3,(H,23,24). The lowest BCUT2D eigenvalue weighted by Gasteiger charge is -2.21. The smallest absolute Gasteiger partial charge is 0.193 e. The maximum Gasteiger partial charge on any atom is 0.193 e. The molecule has 0 spiro atoms. The molecule has 1 aliphatic heterocycles. The summed E-state index contributed by atoms with van der Waals surface area (Å²) in [5.74, 6) is 1.57. The number of aliphatic imine (C=N–C) groups is 1. The van der Waals surface area contributed by atoms with Crippen LogP contribution in [0.2, 0.25) is 0 Å². The van der Waals surface area contributed by atoms with Crippen LogP contribution in [0.15, 0.2) is 41.8 Å². The fourth-order valence-electron chi connectivity index (χ4n) is 4.15. The van der Waals surface area contributed by atoms with Crippen molar-refractivity contribution in [3.63, 3.8) is 0 Å². The summed E-state index contributed by atoms with van der Waals surface area (Å²) in [7, 11) is 1.98. The largest absolute Gasteiger partial charge is 0.361 e. The van der Waals surface area contributed by atoms with Crippen LogP contribution in [-0.4, -0.2) is 51.8 Å². The van der Waals surface area contributed by atoms with Crippen molar-refractivity contribution < 1.29 is 0 Å². The third-order valence-electron chi connectivity index (χ3n) is 5.67. The predicted octanol–water partition coefficient (Wildman–Crippen LogP) is 3.21. The van der Waals surface area contributed by atoms with Gasteiger partial charge in [0.05, 0.1) is 6.20 Å². The van der Waals surface area contributed by atoms with Crippen LogP contribution in [0.1, 0.15) is 36.0 Å². The molecule has 0 radical (unpaired) electrons. The molecule has 28 heavy (non-hydrogen) atoms. The monoisotopic (exact) mass is 378 g/mol. The topological polar surface area (TPSA) is 61.2 Å². The van der Waals surface area contributed by atoms with Gasteiger partial charge in [-0.05, 0) is 43.4 Å². The van der Waals surface area contributed by atoms with E-state index in [1.165, 1.54) is 27.6 Å². The lowest BCUT2D eigenvalue weighted by atomic mass is 10.0. The van der Waals surface area contributed by atoms with E-state index >= 15 is 0 Å². The quantitative estimate of drug-likeness (QED) is 0.529. The minimum atomic E-state index is 0.536. The fraction of sp³-hybridized carbons (Fsp3) is 0.455. The Morgan fingerprint density at radius 2 is 2.29 bits per heavy atom. The van der Waals surface area contributed by atoms with Crippen molar-refractivity contribution >= 4 is 16.9 Å². The van der Waals surface area contributed by atoms with Crippen molar-refractivity contribution in [2.75, 3.05) is 26.2 Å². The van der Waals surface area contributed by atoms with Crippen molar-refractivity contribution in [2.24, 2.45) is 12.0 Å². The Morgan fingerprint density at radius 3 is 3.07 bits per heavy atom. The summed E-state index contributed by atoms with van der Waals surface area (Å²) in [4.78, 5) is 10.7. The predicted molar refractivity (Wildman–Crippen MR) is 115 cm³/mol. The Labute approximate surface area is 166 Å². The number of rotatable bonds is 5. The lowest BCUT2D eigenvalue weighted by Crippen LogP contribution is -2.40. The Hall–Kier alpha value is -2.76. The van der Waals surface area contributed by atoms with E-state index in [-0.39, 0.29) is 0 Å². The molecule has 6 heteroatoms. The first-order valence-electron chi connectivity index (χ1n) is 10.2. The summed E-state index contributed by atoms with van der Waals surface area (Å²) in [5.41, 5.74) is 5.20. The molecule has 2 aromatic heterocycles. The van der Waals surface area contributed by atoms with Gasteiger partial charge in [0.1, 0.15) is 0 Å². The summed E-state index contributed by atoms with van der Waals surface area (Å²) >= 11 is 0. The van der Waals surface area contributed by atoms with Crippen LogP contribution in [0.3, 0.4) is 0 Å². The highest BCUT2D eigenvalue weighted by atomic mass is 15.3. The lowest BCUT2D eigenvalue weighted by molar-refractivity contribution is 0.486. The van der Waals surface area contributed by atoms with Gasteiger partial charge in [-0.2, -0.15) is 5.10 Å². The van der Waals surface area contributed by atoms with E-state index in [2.05, 4.69) is 64.7 Å². The highest BCUT2D eigenvalue weighted by Gasteiger charge is 2.26. The first-order valence-corrected chi connectivity index (χ1v) is 10.2. The van der Waals surface area contributed by atoms with E-state index in [9.17, 15) is 0 Å². The molecule has 0 saturated carbocycles. The maximum atomic E-state index is 4.93. The van der Waals surface area contributed by atoms with Gasteiger partial charge in [0.15, 0.2) is 5.96 Å². The van der Waals surface area contributed by atoms with Crippen molar-refractivity contribution in [3.05, 3.63) is 53.5 Å². The number of para-hydroxylation sites is 1. The molecule has 0 bridgehead atoms. The van der Waals surface area contributed by atoms with Gasteiger partial charge < -0.3 is 15.2 Å². The van der Waals surface area contributed by atoms with Gasteiger partial charge in [-0.25, -0.2) is 0 Å². The zero-order valence-corrected chi connectivity index (χ0v) is 17.1. The van der Waals surface area contributed by atoms with Gasteiger partial charge in [-0.15, -0.1) is 0 Å². The second-order valence-corrected chi connectivity index (χ2v) is 7.68. The number of aryl methyl sites for hydroxylation is 2. The Kier molecular flexibility index (Phi) is 5.37. The fourth-order valence-corrected chi connectivity index (χ4v) is 4.15. The molecule has 6 nitrogen and oxygen atoms in total. The number of nitrogens with zero attached hydrogens (tertiary/aromatic N) is 4. The molecule has 148 valence electrons. The molecular weight excluding hydrogens is 348 g/mol. The molecule has 0 amide bonds. The third kappa shape index (κ3) is 3.77. The number of hydrogen-bond acceptors (Lipinski definition) is 2. The number of nitrogens with one attached hydrogen (secondary N) is 2. The molecular formula is C22H30N6. The van der Waals surface area contributed by atoms with Gasteiger partial charge >= 0.3 is 0 Å². The van der Waals surface area contributed by atoms with Crippen LogP contribution in [0.4, 0.5) is 0 Å². The minimum Gasteiger partial charge on any atom is -0.361 e. The number of hydrogen-bond donors (Lipinski definition) is 2. The van der Waals surface area contributed by atoms with Crippen molar-refractivity contribution in [1.82, 2.24) is 25.0 Å². The van der Waals surface area contributed by atoms with Gasteiger partial charge in [0, 0.05) is 62.4 Å². The van der Waals surface area contributed by atoms with Gasteiger partial charge in [-0.3, -0.25) is 9.67 Å². The number of guanidine groups is 1. The number of H-pyrrole nitrogens is 1. The Balaban J connectivity index is 1.42. The Bertz CT molecular complexity index is 966. The third-order valence-corrected chi connectivity index (χ3v) is 5.67. The van der Waals surface area contributed by atoms with Crippen LogP contribution >= 0.6 is 0 Å². The number of aromatic nitrogens is 3. The van der Waals surface area contributed by atoms with Crippen LogP contribution in [-0.2, 0) is 13.5 Å². The summed E-state index contributed by atoms with van der Waals surface area (Å²) in [6.45, 7) is 8.00. The number of likely N-dealkylation sites (tertiary alicyclic amines) is 1. The zero-order valence-electron chi connectivity index (χ0n) is 17.1. The maximum absolute atomic E-state index is 4.93. The van der Waals surface area contributed by atoms with E-state index in [0.29, 0.717) is 5.92 Å². The molecule has 3 heterocycles. The second-order valence-electron chi connectivity index (χ2n) is 7.68.